The van der Waals surface area contributed by atoms with Crippen molar-refractivity contribution in [2.75, 3.05) is 17.2 Å². The summed E-state index contributed by atoms with van der Waals surface area (Å²) in [5, 5.41) is 29.4. The van der Waals surface area contributed by atoms with Crippen LogP contribution in [0.15, 0.2) is 12.7 Å². The van der Waals surface area contributed by atoms with Gasteiger partial charge in [0.25, 0.3) is 0 Å². The van der Waals surface area contributed by atoms with E-state index in [0.29, 0.717) is 23.3 Å². The van der Waals surface area contributed by atoms with Gasteiger partial charge >= 0.3 is 5.97 Å². The Kier molecular flexibility index (Phi) is 5.58. The summed E-state index contributed by atoms with van der Waals surface area (Å²) in [6.07, 6.45) is -0.589. The molecule has 1 fully saturated rings. The molecule has 0 spiro atoms. The lowest BCUT2D eigenvalue weighted by Crippen LogP contribution is -2.33. The lowest BCUT2D eigenvalue weighted by Gasteiger charge is -2.16. The monoisotopic (exact) mass is 384 g/mol. The zero-order valence-corrected chi connectivity index (χ0v) is 14.5. The number of fused-ring (bicyclic) bond motifs is 1. The van der Waals surface area contributed by atoms with E-state index in [-0.39, 0.29) is 11.6 Å². The first-order valence-corrected chi connectivity index (χ1v) is 9.06. The number of aromatic nitrogens is 4. The van der Waals surface area contributed by atoms with Crippen molar-refractivity contribution < 1.29 is 24.9 Å². The Balaban J connectivity index is 1.64. The SMILES string of the molecule is Nc1ncnc2c1ncn2[C@@H]1O[C@H](CCSCC(N)C(=O)O)[C@@H](O)[C@H]1O. The van der Waals surface area contributed by atoms with Crippen molar-refractivity contribution in [3.05, 3.63) is 12.7 Å². The van der Waals surface area contributed by atoms with Gasteiger partial charge in [0.15, 0.2) is 17.7 Å². The van der Waals surface area contributed by atoms with Crippen molar-refractivity contribution in [1.29, 1.82) is 0 Å². The molecular formula is C14H20N6O5S. The second-order valence-corrected chi connectivity index (χ2v) is 7.09. The summed E-state index contributed by atoms with van der Waals surface area (Å²) in [5.74, 6) is -0.0584. The average Bonchev–Trinajstić information content (AvgIpc) is 3.15. The van der Waals surface area contributed by atoms with Crippen molar-refractivity contribution in [3.8, 4) is 0 Å². The number of carboxylic acid groups (broad SMARTS) is 1. The van der Waals surface area contributed by atoms with Gasteiger partial charge in [-0.15, -0.1) is 0 Å². The van der Waals surface area contributed by atoms with E-state index in [4.69, 9.17) is 21.3 Å². The van der Waals surface area contributed by atoms with Crippen LogP contribution in [-0.4, -0.2) is 76.7 Å². The number of aliphatic hydroxyl groups is 2. The topological polar surface area (TPSA) is 183 Å². The molecule has 5 atom stereocenters. The summed E-state index contributed by atoms with van der Waals surface area (Å²) in [6, 6.07) is -0.935. The smallest absolute Gasteiger partial charge is 0.321 e. The molecule has 142 valence electrons. The van der Waals surface area contributed by atoms with Crippen molar-refractivity contribution in [2.45, 2.75) is 37.0 Å². The predicted molar refractivity (Wildman–Crippen MR) is 93.2 cm³/mol. The number of carboxylic acids is 1. The molecule has 0 bridgehead atoms. The van der Waals surface area contributed by atoms with Crippen LogP contribution in [0.2, 0.25) is 0 Å². The van der Waals surface area contributed by atoms with E-state index in [2.05, 4.69) is 15.0 Å². The largest absolute Gasteiger partial charge is 0.480 e. The maximum absolute atomic E-state index is 10.7. The fourth-order valence-electron chi connectivity index (χ4n) is 2.73. The van der Waals surface area contributed by atoms with Gasteiger partial charge in [-0.1, -0.05) is 0 Å². The van der Waals surface area contributed by atoms with Crippen LogP contribution < -0.4 is 11.5 Å². The number of nitrogens with zero attached hydrogens (tertiary/aromatic N) is 4. The third-order valence-corrected chi connectivity index (χ3v) is 5.28. The molecule has 2 aromatic heterocycles. The average molecular weight is 384 g/mol. The highest BCUT2D eigenvalue weighted by atomic mass is 32.2. The molecule has 1 aliphatic rings. The molecule has 7 N–H and O–H groups in total. The molecule has 3 heterocycles. The van der Waals surface area contributed by atoms with Gasteiger partial charge < -0.3 is 31.5 Å². The molecule has 26 heavy (non-hydrogen) atoms. The van der Waals surface area contributed by atoms with Crippen molar-refractivity contribution in [1.82, 2.24) is 19.5 Å². The van der Waals surface area contributed by atoms with E-state index >= 15 is 0 Å². The number of carbonyl (C=O) groups is 1. The van der Waals surface area contributed by atoms with Crippen LogP contribution in [0.3, 0.4) is 0 Å². The molecule has 1 saturated heterocycles. The Morgan fingerprint density at radius 1 is 1.35 bits per heavy atom. The third kappa shape index (κ3) is 3.59. The number of thioether (sulfide) groups is 1. The van der Waals surface area contributed by atoms with E-state index in [0.717, 1.165) is 0 Å². The fraction of sp³-hybridized carbons (Fsp3) is 0.571. The first-order chi connectivity index (χ1) is 12.4. The minimum absolute atomic E-state index is 0.213. The van der Waals surface area contributed by atoms with Gasteiger partial charge in [0.1, 0.15) is 30.1 Å². The minimum Gasteiger partial charge on any atom is -0.480 e. The van der Waals surface area contributed by atoms with E-state index < -0.39 is 36.6 Å². The first kappa shape index (κ1) is 18.8. The molecular weight excluding hydrogens is 364 g/mol. The molecule has 1 aliphatic heterocycles. The van der Waals surface area contributed by atoms with Crippen LogP contribution in [0.25, 0.3) is 11.2 Å². The zero-order chi connectivity index (χ0) is 18.8. The van der Waals surface area contributed by atoms with Gasteiger partial charge in [0.2, 0.25) is 0 Å². The Morgan fingerprint density at radius 3 is 2.85 bits per heavy atom. The van der Waals surface area contributed by atoms with Gasteiger partial charge in [0.05, 0.1) is 12.4 Å². The van der Waals surface area contributed by atoms with Crippen molar-refractivity contribution in [2.24, 2.45) is 5.73 Å². The summed E-state index contributed by atoms with van der Waals surface area (Å²) in [4.78, 5) is 22.8. The van der Waals surface area contributed by atoms with Crippen LogP contribution in [0.1, 0.15) is 12.6 Å². The number of aliphatic hydroxyl groups excluding tert-OH is 2. The molecule has 1 unspecified atom stereocenters. The second kappa shape index (κ2) is 7.72. The third-order valence-electron chi connectivity index (χ3n) is 4.16. The lowest BCUT2D eigenvalue weighted by molar-refractivity contribution is -0.137. The van der Waals surface area contributed by atoms with Crippen molar-refractivity contribution >= 4 is 34.7 Å². The molecule has 12 heteroatoms. The molecule has 3 rings (SSSR count). The highest BCUT2D eigenvalue weighted by Crippen LogP contribution is 2.33. The number of aliphatic carboxylic acids is 1. The summed E-state index contributed by atoms with van der Waals surface area (Å²) >= 11 is 1.35. The van der Waals surface area contributed by atoms with Crippen LogP contribution in [0.4, 0.5) is 5.82 Å². The van der Waals surface area contributed by atoms with Gasteiger partial charge in [0, 0.05) is 5.75 Å². The van der Waals surface area contributed by atoms with Gasteiger partial charge in [-0.25, -0.2) is 15.0 Å². The van der Waals surface area contributed by atoms with Crippen LogP contribution >= 0.6 is 11.8 Å². The highest BCUT2D eigenvalue weighted by Gasteiger charge is 2.43. The number of hydrogen-bond acceptors (Lipinski definition) is 10. The van der Waals surface area contributed by atoms with Crippen molar-refractivity contribution in [3.63, 3.8) is 0 Å². The lowest BCUT2D eigenvalue weighted by atomic mass is 10.1. The van der Waals surface area contributed by atoms with E-state index in [1.165, 1.54) is 29.0 Å². The molecule has 0 radical (unpaired) electrons. The van der Waals surface area contributed by atoms with E-state index in [9.17, 15) is 15.0 Å². The fourth-order valence-corrected chi connectivity index (χ4v) is 3.70. The first-order valence-electron chi connectivity index (χ1n) is 7.91. The van der Waals surface area contributed by atoms with Gasteiger partial charge in [-0.3, -0.25) is 9.36 Å². The number of anilines is 1. The summed E-state index contributed by atoms with van der Waals surface area (Å²) < 4.78 is 7.30. The number of imidazole rings is 1. The Hall–Kier alpha value is -1.99. The summed E-state index contributed by atoms with van der Waals surface area (Å²) in [6.45, 7) is 0. The number of nitrogen functional groups attached to an aromatic ring is 1. The Labute approximate surface area is 152 Å². The normalized spacial score (nSPS) is 27.0. The van der Waals surface area contributed by atoms with E-state index in [1.807, 2.05) is 0 Å². The maximum atomic E-state index is 10.7. The number of hydrogen-bond donors (Lipinski definition) is 5. The highest BCUT2D eigenvalue weighted by molar-refractivity contribution is 7.99. The molecule has 0 aromatic carbocycles. The molecule has 0 amide bonds. The Morgan fingerprint density at radius 2 is 2.12 bits per heavy atom. The Bertz CT molecular complexity index is 788. The van der Waals surface area contributed by atoms with Gasteiger partial charge in [-0.05, 0) is 12.2 Å². The number of nitrogens with two attached hydrogens (primary N) is 2. The molecule has 2 aromatic rings. The zero-order valence-electron chi connectivity index (χ0n) is 13.7. The molecule has 0 saturated carbocycles. The van der Waals surface area contributed by atoms with Crippen LogP contribution in [0.5, 0.6) is 0 Å². The predicted octanol–water partition coefficient (Wildman–Crippen LogP) is -1.44. The second-order valence-electron chi connectivity index (χ2n) is 5.94. The standard InChI is InChI=1S/C14H20N6O5S/c15-6(14(23)24)3-26-2-1-7-9(21)10(22)13(25-7)20-5-19-8-11(16)17-4-18-12(8)20/h4-7,9-10,13,21-22H,1-3,15H2,(H,23,24)(H2,16,17,18)/t6?,7-,9-,10-,13-/m1/s1. The minimum atomic E-state index is -1.17. The quantitative estimate of drug-likeness (QED) is 0.352. The maximum Gasteiger partial charge on any atom is 0.321 e. The molecule has 11 nitrogen and oxygen atoms in total. The number of rotatable bonds is 7. The van der Waals surface area contributed by atoms with Gasteiger partial charge in [-0.2, -0.15) is 11.8 Å². The van der Waals surface area contributed by atoms with Crippen LogP contribution in [-0.2, 0) is 9.53 Å². The number of ether oxygens (including phenoxy) is 1. The summed E-state index contributed by atoms with van der Waals surface area (Å²) in [5.41, 5.74) is 12.0. The molecule has 0 aliphatic carbocycles. The van der Waals surface area contributed by atoms with Crippen LogP contribution in [0, 0.1) is 0 Å². The summed E-state index contributed by atoms with van der Waals surface area (Å²) in [7, 11) is 0. The van der Waals surface area contributed by atoms with E-state index in [1.54, 1.807) is 0 Å².